The molecule has 0 aliphatic heterocycles. The van der Waals surface area contributed by atoms with Crippen LogP contribution in [0.4, 0.5) is 10.8 Å². The number of aromatic nitrogens is 2. The molecule has 3 rings (SSSR count). The van der Waals surface area contributed by atoms with Crippen LogP contribution in [0.25, 0.3) is 10.6 Å². The molecule has 124 valence electrons. The van der Waals surface area contributed by atoms with Gasteiger partial charge in [0.25, 0.3) is 0 Å². The van der Waals surface area contributed by atoms with Crippen molar-refractivity contribution in [3.8, 4) is 22.1 Å². The number of halogens is 2. The van der Waals surface area contributed by atoms with Crippen molar-refractivity contribution in [3.63, 3.8) is 0 Å². The van der Waals surface area contributed by atoms with E-state index < -0.39 is 0 Å². The summed E-state index contributed by atoms with van der Waals surface area (Å²) in [6, 6.07) is 10.6. The van der Waals surface area contributed by atoms with Crippen molar-refractivity contribution < 1.29 is 14.9 Å². The van der Waals surface area contributed by atoms with Gasteiger partial charge < -0.3 is 14.9 Å². The second-order valence-electron chi connectivity index (χ2n) is 4.62. The van der Waals surface area contributed by atoms with Gasteiger partial charge in [0, 0.05) is 15.7 Å². The molecule has 1 aromatic heterocycles. The monoisotopic (exact) mass is 427 g/mol. The number of nitrogens with one attached hydrogen (secondary N) is 1. The summed E-state index contributed by atoms with van der Waals surface area (Å²) in [7, 11) is 1.49. The lowest BCUT2D eigenvalue weighted by atomic mass is 10.2. The van der Waals surface area contributed by atoms with E-state index in [-0.39, 0.29) is 5.75 Å². The van der Waals surface area contributed by atoms with Gasteiger partial charge in [0.1, 0.15) is 5.01 Å². The summed E-state index contributed by atoms with van der Waals surface area (Å²) in [4.78, 5) is 4.25. The van der Waals surface area contributed by atoms with E-state index in [9.17, 15) is 0 Å². The van der Waals surface area contributed by atoms with Gasteiger partial charge in [-0.2, -0.15) is 0 Å². The van der Waals surface area contributed by atoms with Crippen molar-refractivity contribution in [3.05, 3.63) is 45.9 Å². The molecule has 0 aliphatic carbocycles. The van der Waals surface area contributed by atoms with E-state index in [1.165, 1.54) is 18.4 Å². The maximum Gasteiger partial charge on any atom is 0.210 e. The van der Waals surface area contributed by atoms with Crippen molar-refractivity contribution in [1.29, 1.82) is 0 Å². The third kappa shape index (κ3) is 3.62. The Labute approximate surface area is 155 Å². The zero-order valence-corrected chi connectivity index (χ0v) is 15.4. The van der Waals surface area contributed by atoms with Crippen LogP contribution < -0.4 is 14.9 Å². The Kier molecular flexibility index (Phi) is 5.20. The molecular formula is C15H11BrClN3O3S. The predicted molar refractivity (Wildman–Crippen MR) is 97.6 cm³/mol. The molecule has 3 aromatic rings. The standard InChI is InChI=1S/C15H11BrClN3O3S/c1-22-13-6-8(2-5-12(13)23-21)14-19-20-15(24-14)18-9-3-4-10(16)11(17)7-9/h2-7,21H,1H3,(H,18,20). The van der Waals surface area contributed by atoms with Crippen LogP contribution in [0.15, 0.2) is 40.9 Å². The molecule has 0 saturated heterocycles. The molecule has 0 spiro atoms. The smallest absolute Gasteiger partial charge is 0.210 e. The predicted octanol–water partition coefficient (Wildman–Crippen LogP) is 5.23. The zero-order valence-electron chi connectivity index (χ0n) is 12.3. The fourth-order valence-corrected chi connectivity index (χ4v) is 3.15. The van der Waals surface area contributed by atoms with Crippen molar-refractivity contribution in [1.82, 2.24) is 10.2 Å². The topological polar surface area (TPSA) is 76.5 Å². The Morgan fingerprint density at radius 2 is 2.00 bits per heavy atom. The molecule has 0 fully saturated rings. The quantitative estimate of drug-likeness (QED) is 0.428. The molecule has 0 atom stereocenters. The lowest BCUT2D eigenvalue weighted by molar-refractivity contribution is -0.139. The highest BCUT2D eigenvalue weighted by atomic mass is 79.9. The van der Waals surface area contributed by atoms with Crippen LogP contribution in [-0.4, -0.2) is 22.6 Å². The maximum atomic E-state index is 8.79. The first-order valence-corrected chi connectivity index (χ1v) is 8.65. The summed E-state index contributed by atoms with van der Waals surface area (Å²) < 4.78 is 5.99. The molecule has 9 heteroatoms. The van der Waals surface area contributed by atoms with E-state index in [1.54, 1.807) is 24.3 Å². The number of hydrogen-bond acceptors (Lipinski definition) is 7. The molecule has 24 heavy (non-hydrogen) atoms. The summed E-state index contributed by atoms with van der Waals surface area (Å²) in [6.45, 7) is 0. The normalized spacial score (nSPS) is 10.5. The van der Waals surface area contributed by atoms with E-state index in [2.05, 4.69) is 36.3 Å². The Hall–Kier alpha value is -1.87. The lowest BCUT2D eigenvalue weighted by Crippen LogP contribution is -1.91. The van der Waals surface area contributed by atoms with Crippen LogP contribution >= 0.6 is 38.9 Å². The van der Waals surface area contributed by atoms with Gasteiger partial charge in [-0.15, -0.1) is 10.2 Å². The molecule has 0 amide bonds. The summed E-state index contributed by atoms with van der Waals surface area (Å²) >= 11 is 10.8. The zero-order chi connectivity index (χ0) is 17.1. The Morgan fingerprint density at radius 1 is 1.17 bits per heavy atom. The van der Waals surface area contributed by atoms with Crippen molar-refractivity contribution in [2.45, 2.75) is 0 Å². The molecule has 0 bridgehead atoms. The van der Waals surface area contributed by atoms with Gasteiger partial charge in [-0.25, -0.2) is 5.26 Å². The molecule has 0 radical (unpaired) electrons. The molecular weight excluding hydrogens is 418 g/mol. The van der Waals surface area contributed by atoms with E-state index in [0.29, 0.717) is 20.9 Å². The average molecular weight is 429 g/mol. The third-order valence-electron chi connectivity index (χ3n) is 3.10. The maximum absolute atomic E-state index is 8.79. The highest BCUT2D eigenvalue weighted by Gasteiger charge is 2.12. The number of anilines is 2. The van der Waals surface area contributed by atoms with Gasteiger partial charge in [0.15, 0.2) is 5.75 Å². The molecule has 6 nitrogen and oxygen atoms in total. The van der Waals surface area contributed by atoms with Crippen molar-refractivity contribution in [2.75, 3.05) is 12.4 Å². The first-order chi connectivity index (χ1) is 11.6. The van der Waals surface area contributed by atoms with Gasteiger partial charge >= 0.3 is 0 Å². The SMILES string of the molecule is COc1cc(-c2nnc(Nc3ccc(Br)c(Cl)c3)s2)ccc1OO. The van der Waals surface area contributed by atoms with Crippen LogP contribution in [0.1, 0.15) is 0 Å². The van der Waals surface area contributed by atoms with Gasteiger partial charge in [0.2, 0.25) is 10.9 Å². The second kappa shape index (κ2) is 7.35. The van der Waals surface area contributed by atoms with Crippen LogP contribution in [0, 0.1) is 0 Å². The van der Waals surface area contributed by atoms with E-state index in [4.69, 9.17) is 21.6 Å². The Bertz CT molecular complexity index is 875. The van der Waals surface area contributed by atoms with Crippen LogP contribution in [0.5, 0.6) is 11.5 Å². The van der Waals surface area contributed by atoms with Gasteiger partial charge in [-0.05, 0) is 52.3 Å². The summed E-state index contributed by atoms with van der Waals surface area (Å²) in [5.74, 6) is 0.632. The minimum absolute atomic E-state index is 0.230. The molecule has 0 unspecified atom stereocenters. The molecule has 2 N–H and O–H groups in total. The largest absolute Gasteiger partial charge is 0.493 e. The van der Waals surface area contributed by atoms with Crippen molar-refractivity contribution in [2.24, 2.45) is 0 Å². The summed E-state index contributed by atoms with van der Waals surface area (Å²) in [6.07, 6.45) is 0. The third-order valence-corrected chi connectivity index (χ3v) is 5.23. The van der Waals surface area contributed by atoms with Crippen molar-refractivity contribution >= 4 is 49.7 Å². The second-order valence-corrected chi connectivity index (χ2v) is 6.86. The van der Waals surface area contributed by atoms with Gasteiger partial charge in [-0.1, -0.05) is 22.9 Å². The Morgan fingerprint density at radius 3 is 2.71 bits per heavy atom. The summed E-state index contributed by atoms with van der Waals surface area (Å²) in [5.41, 5.74) is 1.61. The molecule has 0 saturated carbocycles. The van der Waals surface area contributed by atoms with Gasteiger partial charge in [0.05, 0.1) is 12.1 Å². The minimum Gasteiger partial charge on any atom is -0.493 e. The van der Waals surface area contributed by atoms with E-state index >= 15 is 0 Å². The summed E-state index contributed by atoms with van der Waals surface area (Å²) in [5, 5.41) is 22.2. The molecule has 1 heterocycles. The van der Waals surface area contributed by atoms with E-state index in [1.807, 2.05) is 12.1 Å². The van der Waals surface area contributed by atoms with Crippen LogP contribution in [0.3, 0.4) is 0 Å². The fraction of sp³-hybridized carbons (Fsp3) is 0.0667. The van der Waals surface area contributed by atoms with Crippen LogP contribution in [-0.2, 0) is 0 Å². The highest BCUT2D eigenvalue weighted by molar-refractivity contribution is 9.10. The number of hydrogen-bond donors (Lipinski definition) is 2. The van der Waals surface area contributed by atoms with Gasteiger partial charge in [-0.3, -0.25) is 0 Å². The molecule has 0 aliphatic rings. The average Bonchev–Trinajstić information content (AvgIpc) is 3.06. The van der Waals surface area contributed by atoms with E-state index in [0.717, 1.165) is 15.7 Å². The number of benzene rings is 2. The minimum atomic E-state index is 0.230. The highest BCUT2D eigenvalue weighted by Crippen LogP contribution is 2.35. The Balaban J connectivity index is 1.83. The first kappa shape index (κ1) is 17.0. The number of methoxy groups -OCH3 is 1. The number of rotatable bonds is 5. The fourth-order valence-electron chi connectivity index (χ4n) is 1.96. The first-order valence-electron chi connectivity index (χ1n) is 6.66. The molecule has 2 aromatic carbocycles. The number of nitrogens with zero attached hydrogens (tertiary/aromatic N) is 2. The van der Waals surface area contributed by atoms with Crippen LogP contribution in [0.2, 0.25) is 5.02 Å². The number of ether oxygens (including phenoxy) is 1. The lowest BCUT2D eigenvalue weighted by Gasteiger charge is -2.06.